The Hall–Kier alpha value is -0.0800. The SMILES string of the molecule is CCCOCC(NCC)C1CCCCCC1. The molecule has 0 aromatic rings. The summed E-state index contributed by atoms with van der Waals surface area (Å²) in [5.74, 6) is 0.847. The second-order valence-corrected chi connectivity index (χ2v) is 4.99. The molecule has 0 aliphatic heterocycles. The number of hydrogen-bond acceptors (Lipinski definition) is 2. The summed E-state index contributed by atoms with van der Waals surface area (Å²) in [5, 5.41) is 3.61. The highest BCUT2D eigenvalue weighted by molar-refractivity contribution is 4.78. The van der Waals surface area contributed by atoms with Crippen molar-refractivity contribution >= 4 is 0 Å². The van der Waals surface area contributed by atoms with E-state index in [0.717, 1.165) is 32.1 Å². The second-order valence-electron chi connectivity index (χ2n) is 4.99. The molecule has 0 aromatic heterocycles. The van der Waals surface area contributed by atoms with Gasteiger partial charge < -0.3 is 10.1 Å². The molecule has 16 heavy (non-hydrogen) atoms. The van der Waals surface area contributed by atoms with Crippen molar-refractivity contribution in [1.29, 1.82) is 0 Å². The van der Waals surface area contributed by atoms with Gasteiger partial charge in [0.15, 0.2) is 0 Å². The lowest BCUT2D eigenvalue weighted by Crippen LogP contribution is -2.40. The fourth-order valence-corrected chi connectivity index (χ4v) is 2.69. The van der Waals surface area contributed by atoms with Crippen LogP contribution in [0.2, 0.25) is 0 Å². The molecular weight excluding hydrogens is 198 g/mol. The molecular formula is C14H29NO. The van der Waals surface area contributed by atoms with Gasteiger partial charge in [0.25, 0.3) is 0 Å². The highest BCUT2D eigenvalue weighted by Crippen LogP contribution is 2.25. The average molecular weight is 227 g/mol. The normalized spacial score (nSPS) is 20.6. The Balaban J connectivity index is 2.33. The zero-order chi connectivity index (χ0) is 11.6. The molecule has 0 heterocycles. The maximum absolute atomic E-state index is 5.73. The number of likely N-dealkylation sites (N-methyl/N-ethyl adjacent to an activating group) is 1. The molecule has 0 amide bonds. The van der Waals surface area contributed by atoms with Crippen molar-refractivity contribution in [3.05, 3.63) is 0 Å². The molecule has 2 nitrogen and oxygen atoms in total. The van der Waals surface area contributed by atoms with Crippen molar-refractivity contribution in [2.75, 3.05) is 19.8 Å². The summed E-state index contributed by atoms with van der Waals surface area (Å²) in [4.78, 5) is 0. The minimum atomic E-state index is 0.592. The lowest BCUT2D eigenvalue weighted by molar-refractivity contribution is 0.0904. The van der Waals surface area contributed by atoms with Crippen LogP contribution in [0.3, 0.4) is 0 Å². The molecule has 0 bridgehead atoms. The average Bonchev–Trinajstić information content (AvgIpc) is 2.57. The van der Waals surface area contributed by atoms with E-state index in [1.807, 2.05) is 0 Å². The van der Waals surface area contributed by atoms with Gasteiger partial charge in [0.05, 0.1) is 6.61 Å². The van der Waals surface area contributed by atoms with E-state index in [0.29, 0.717) is 6.04 Å². The van der Waals surface area contributed by atoms with Crippen molar-refractivity contribution in [3.8, 4) is 0 Å². The highest BCUT2D eigenvalue weighted by atomic mass is 16.5. The van der Waals surface area contributed by atoms with Crippen LogP contribution in [-0.4, -0.2) is 25.8 Å². The molecule has 0 spiro atoms. The maximum Gasteiger partial charge on any atom is 0.0622 e. The van der Waals surface area contributed by atoms with Crippen LogP contribution >= 0.6 is 0 Å². The number of rotatable bonds is 7. The molecule has 1 atom stereocenters. The van der Waals surface area contributed by atoms with Crippen molar-refractivity contribution < 1.29 is 4.74 Å². The van der Waals surface area contributed by atoms with E-state index in [4.69, 9.17) is 4.74 Å². The Kier molecular flexibility index (Phi) is 7.87. The van der Waals surface area contributed by atoms with Gasteiger partial charge in [-0.15, -0.1) is 0 Å². The highest BCUT2D eigenvalue weighted by Gasteiger charge is 2.21. The molecule has 1 saturated carbocycles. The Morgan fingerprint density at radius 3 is 2.38 bits per heavy atom. The molecule has 1 fully saturated rings. The van der Waals surface area contributed by atoms with Crippen molar-refractivity contribution in [2.45, 2.75) is 64.8 Å². The van der Waals surface area contributed by atoms with E-state index in [-0.39, 0.29) is 0 Å². The third-order valence-electron chi connectivity index (χ3n) is 3.58. The van der Waals surface area contributed by atoms with Gasteiger partial charge in [-0.25, -0.2) is 0 Å². The van der Waals surface area contributed by atoms with Crippen molar-refractivity contribution in [3.63, 3.8) is 0 Å². The minimum absolute atomic E-state index is 0.592. The quantitative estimate of drug-likeness (QED) is 0.532. The summed E-state index contributed by atoms with van der Waals surface area (Å²) >= 11 is 0. The van der Waals surface area contributed by atoms with E-state index >= 15 is 0 Å². The lowest BCUT2D eigenvalue weighted by Gasteiger charge is -2.26. The largest absolute Gasteiger partial charge is 0.380 e. The molecule has 1 aliphatic carbocycles. The third kappa shape index (κ3) is 5.31. The zero-order valence-electron chi connectivity index (χ0n) is 11.1. The Morgan fingerprint density at radius 2 is 1.81 bits per heavy atom. The first-order chi connectivity index (χ1) is 7.88. The Morgan fingerprint density at radius 1 is 1.12 bits per heavy atom. The molecule has 0 saturated heterocycles. The van der Waals surface area contributed by atoms with E-state index in [2.05, 4.69) is 19.2 Å². The van der Waals surface area contributed by atoms with E-state index in [1.165, 1.54) is 38.5 Å². The molecule has 2 heteroatoms. The number of hydrogen-bond donors (Lipinski definition) is 1. The van der Waals surface area contributed by atoms with Gasteiger partial charge >= 0.3 is 0 Å². The van der Waals surface area contributed by atoms with Gasteiger partial charge in [-0.1, -0.05) is 39.5 Å². The van der Waals surface area contributed by atoms with Gasteiger partial charge in [0.2, 0.25) is 0 Å². The summed E-state index contributed by atoms with van der Waals surface area (Å²) in [5.41, 5.74) is 0. The first-order valence-electron chi connectivity index (χ1n) is 7.19. The van der Waals surface area contributed by atoms with Gasteiger partial charge in [-0.05, 0) is 31.7 Å². The molecule has 1 rings (SSSR count). The van der Waals surface area contributed by atoms with E-state index in [9.17, 15) is 0 Å². The van der Waals surface area contributed by atoms with Crippen LogP contribution in [0.15, 0.2) is 0 Å². The van der Waals surface area contributed by atoms with Crippen molar-refractivity contribution in [1.82, 2.24) is 5.32 Å². The minimum Gasteiger partial charge on any atom is -0.380 e. The standard InChI is InChI=1S/C14H29NO/c1-3-11-16-12-14(15-4-2)13-9-7-5-6-8-10-13/h13-15H,3-12H2,1-2H3. The van der Waals surface area contributed by atoms with Crippen LogP contribution in [0.4, 0.5) is 0 Å². The fourth-order valence-electron chi connectivity index (χ4n) is 2.69. The molecule has 1 unspecified atom stereocenters. The van der Waals surface area contributed by atoms with Gasteiger partial charge in [0.1, 0.15) is 0 Å². The fraction of sp³-hybridized carbons (Fsp3) is 1.00. The molecule has 0 radical (unpaired) electrons. The Labute approximate surface area is 101 Å². The Bertz CT molecular complexity index is 153. The molecule has 0 aromatic carbocycles. The van der Waals surface area contributed by atoms with Gasteiger partial charge in [0, 0.05) is 12.6 Å². The summed E-state index contributed by atoms with van der Waals surface area (Å²) in [6.07, 6.45) is 9.63. The first-order valence-corrected chi connectivity index (χ1v) is 7.19. The lowest BCUT2D eigenvalue weighted by atomic mass is 9.92. The summed E-state index contributed by atoms with van der Waals surface area (Å²) in [7, 11) is 0. The molecule has 1 N–H and O–H groups in total. The summed E-state index contributed by atoms with van der Waals surface area (Å²) in [6, 6.07) is 0.592. The topological polar surface area (TPSA) is 21.3 Å². The number of nitrogens with one attached hydrogen (secondary N) is 1. The molecule has 96 valence electrons. The van der Waals surface area contributed by atoms with Gasteiger partial charge in [-0.2, -0.15) is 0 Å². The van der Waals surface area contributed by atoms with Crippen LogP contribution in [0.5, 0.6) is 0 Å². The molecule has 1 aliphatic rings. The predicted octanol–water partition coefficient (Wildman–Crippen LogP) is 3.36. The predicted molar refractivity (Wildman–Crippen MR) is 69.8 cm³/mol. The third-order valence-corrected chi connectivity index (χ3v) is 3.58. The van der Waals surface area contributed by atoms with Crippen molar-refractivity contribution in [2.24, 2.45) is 5.92 Å². The number of ether oxygens (including phenoxy) is 1. The monoisotopic (exact) mass is 227 g/mol. The van der Waals surface area contributed by atoms with Crippen LogP contribution in [0, 0.1) is 5.92 Å². The van der Waals surface area contributed by atoms with E-state index < -0.39 is 0 Å². The van der Waals surface area contributed by atoms with Gasteiger partial charge in [-0.3, -0.25) is 0 Å². The van der Waals surface area contributed by atoms with E-state index in [1.54, 1.807) is 0 Å². The van der Waals surface area contributed by atoms with Crippen LogP contribution < -0.4 is 5.32 Å². The first kappa shape index (κ1) is 14.0. The summed E-state index contributed by atoms with van der Waals surface area (Å²) < 4.78 is 5.73. The van der Waals surface area contributed by atoms with Crippen LogP contribution in [0.1, 0.15) is 58.8 Å². The maximum atomic E-state index is 5.73. The smallest absolute Gasteiger partial charge is 0.0622 e. The van der Waals surface area contributed by atoms with Crippen LogP contribution in [-0.2, 0) is 4.74 Å². The van der Waals surface area contributed by atoms with Crippen LogP contribution in [0.25, 0.3) is 0 Å². The zero-order valence-corrected chi connectivity index (χ0v) is 11.1. The second kappa shape index (κ2) is 9.00. The summed E-state index contributed by atoms with van der Waals surface area (Å²) in [6.45, 7) is 7.26.